The Bertz CT molecular complexity index is 623. The van der Waals surface area contributed by atoms with E-state index in [0.717, 1.165) is 9.21 Å². The second-order valence-electron chi connectivity index (χ2n) is 3.81. The van der Waals surface area contributed by atoms with E-state index in [1.807, 2.05) is 19.1 Å². The Balaban J connectivity index is 2.25. The van der Waals surface area contributed by atoms with E-state index in [1.165, 1.54) is 22.2 Å². The summed E-state index contributed by atoms with van der Waals surface area (Å²) in [6.45, 7) is 1.97. The number of halogens is 2. The van der Waals surface area contributed by atoms with Crippen molar-refractivity contribution < 1.29 is 0 Å². The van der Waals surface area contributed by atoms with Crippen LogP contribution >= 0.6 is 34.5 Å². The van der Waals surface area contributed by atoms with Crippen LogP contribution in [0, 0.1) is 0 Å². The lowest BCUT2D eigenvalue weighted by molar-refractivity contribution is 0.706. The van der Waals surface area contributed by atoms with Crippen molar-refractivity contribution in [2.24, 2.45) is 7.05 Å². The van der Waals surface area contributed by atoms with Gasteiger partial charge in [-0.1, -0.05) is 23.2 Å². The molecule has 2 rings (SSSR count). The fraction of sp³-hybridized carbons (Fsp3) is 0.273. The van der Waals surface area contributed by atoms with Crippen LogP contribution in [0.15, 0.2) is 23.1 Å². The van der Waals surface area contributed by atoms with Crippen molar-refractivity contribution >= 4 is 40.2 Å². The lowest BCUT2D eigenvalue weighted by atomic mass is 10.2. The van der Waals surface area contributed by atoms with Crippen LogP contribution in [0.2, 0.25) is 9.36 Å². The Hall–Kier alpha value is -1.04. The highest BCUT2D eigenvalue weighted by molar-refractivity contribution is 7.16. The molecule has 1 unspecified atom stereocenters. The van der Waals surface area contributed by atoms with Crippen molar-refractivity contribution in [1.29, 1.82) is 0 Å². The summed E-state index contributed by atoms with van der Waals surface area (Å²) in [4.78, 5) is 12.7. The largest absolute Gasteiger partial charge is 0.375 e. The average molecular weight is 304 g/mol. The molecule has 0 spiro atoms. The SMILES string of the molecule is CC(Nc1cnn(C)c(=O)c1Cl)c1ccc(Cl)s1. The molecule has 4 nitrogen and oxygen atoms in total. The van der Waals surface area contributed by atoms with E-state index in [0.29, 0.717) is 5.69 Å². The summed E-state index contributed by atoms with van der Waals surface area (Å²) in [5, 5.41) is 7.22. The first-order chi connectivity index (χ1) is 8.49. The van der Waals surface area contributed by atoms with Gasteiger partial charge in [-0.05, 0) is 19.1 Å². The third-order valence-electron chi connectivity index (χ3n) is 2.47. The van der Waals surface area contributed by atoms with E-state index in [-0.39, 0.29) is 16.6 Å². The van der Waals surface area contributed by atoms with Gasteiger partial charge in [-0.3, -0.25) is 4.79 Å². The summed E-state index contributed by atoms with van der Waals surface area (Å²) < 4.78 is 1.92. The van der Waals surface area contributed by atoms with Gasteiger partial charge >= 0.3 is 0 Å². The van der Waals surface area contributed by atoms with Crippen LogP contribution in [-0.4, -0.2) is 9.78 Å². The molecular weight excluding hydrogens is 293 g/mol. The third-order valence-corrected chi connectivity index (χ3v) is 4.25. The second-order valence-corrected chi connectivity index (χ2v) is 5.93. The quantitative estimate of drug-likeness (QED) is 0.946. The van der Waals surface area contributed by atoms with Crippen molar-refractivity contribution in [2.45, 2.75) is 13.0 Å². The highest BCUT2D eigenvalue weighted by atomic mass is 35.5. The van der Waals surface area contributed by atoms with Crippen molar-refractivity contribution in [3.63, 3.8) is 0 Å². The zero-order chi connectivity index (χ0) is 13.3. The third kappa shape index (κ3) is 2.68. The van der Waals surface area contributed by atoms with Crippen molar-refractivity contribution in [2.75, 3.05) is 5.32 Å². The van der Waals surface area contributed by atoms with E-state index >= 15 is 0 Å². The fourth-order valence-corrected chi connectivity index (χ4v) is 2.77. The molecule has 0 aliphatic rings. The van der Waals surface area contributed by atoms with E-state index in [1.54, 1.807) is 7.05 Å². The van der Waals surface area contributed by atoms with Crippen LogP contribution < -0.4 is 10.9 Å². The topological polar surface area (TPSA) is 46.9 Å². The van der Waals surface area contributed by atoms with Crippen LogP contribution in [0.3, 0.4) is 0 Å². The van der Waals surface area contributed by atoms with Gasteiger partial charge in [0.25, 0.3) is 5.56 Å². The highest BCUT2D eigenvalue weighted by Crippen LogP contribution is 2.29. The monoisotopic (exact) mass is 303 g/mol. The van der Waals surface area contributed by atoms with Crippen LogP contribution in [-0.2, 0) is 7.05 Å². The minimum absolute atomic E-state index is 0.00825. The number of nitrogens with zero attached hydrogens (tertiary/aromatic N) is 2. The van der Waals surface area contributed by atoms with Crippen LogP contribution in [0.5, 0.6) is 0 Å². The van der Waals surface area contributed by atoms with Crippen LogP contribution in [0.1, 0.15) is 17.8 Å². The highest BCUT2D eigenvalue weighted by Gasteiger charge is 2.12. The minimum atomic E-state index is -0.321. The fourth-order valence-electron chi connectivity index (χ4n) is 1.48. The van der Waals surface area contributed by atoms with Gasteiger partial charge in [0.1, 0.15) is 5.02 Å². The first-order valence-corrected chi connectivity index (χ1v) is 6.80. The molecule has 0 fully saturated rings. The number of aromatic nitrogens is 2. The summed E-state index contributed by atoms with van der Waals surface area (Å²) in [6, 6.07) is 3.78. The summed E-state index contributed by atoms with van der Waals surface area (Å²) in [7, 11) is 1.56. The molecule has 2 aromatic rings. The number of rotatable bonds is 3. The zero-order valence-electron chi connectivity index (χ0n) is 9.78. The molecule has 96 valence electrons. The Morgan fingerprint density at radius 1 is 1.44 bits per heavy atom. The standard InChI is InChI=1S/C11H11Cl2N3OS/c1-6(8-3-4-9(12)18-8)15-7-5-14-16(2)11(17)10(7)13/h3-6,15H,1-2H3. The molecule has 1 atom stereocenters. The zero-order valence-corrected chi connectivity index (χ0v) is 12.1. The molecule has 0 amide bonds. The summed E-state index contributed by atoms with van der Waals surface area (Å²) in [5.74, 6) is 0. The molecule has 2 aromatic heterocycles. The summed E-state index contributed by atoms with van der Waals surface area (Å²) >= 11 is 13.3. The van der Waals surface area contributed by atoms with Gasteiger partial charge in [-0.25, -0.2) is 4.68 Å². The number of hydrogen-bond acceptors (Lipinski definition) is 4. The van der Waals surface area contributed by atoms with E-state index < -0.39 is 0 Å². The molecule has 0 aliphatic carbocycles. The van der Waals surface area contributed by atoms with Crippen LogP contribution in [0.25, 0.3) is 0 Å². The second kappa shape index (κ2) is 5.30. The van der Waals surface area contributed by atoms with Gasteiger partial charge in [0.2, 0.25) is 0 Å². The molecular formula is C11H11Cl2N3OS. The maximum atomic E-state index is 11.6. The maximum absolute atomic E-state index is 11.6. The van der Waals surface area contributed by atoms with E-state index in [2.05, 4.69) is 10.4 Å². The van der Waals surface area contributed by atoms with Gasteiger partial charge in [-0.15, -0.1) is 11.3 Å². The van der Waals surface area contributed by atoms with E-state index in [4.69, 9.17) is 23.2 Å². The lowest BCUT2D eigenvalue weighted by Crippen LogP contribution is -2.21. The van der Waals surface area contributed by atoms with Crippen molar-refractivity contribution in [3.05, 3.63) is 42.9 Å². The van der Waals surface area contributed by atoms with Gasteiger partial charge in [-0.2, -0.15) is 5.10 Å². The molecule has 18 heavy (non-hydrogen) atoms. The van der Waals surface area contributed by atoms with Gasteiger partial charge in [0.05, 0.1) is 22.3 Å². The average Bonchev–Trinajstić information content (AvgIpc) is 2.77. The number of thiophene rings is 1. The van der Waals surface area contributed by atoms with Gasteiger partial charge < -0.3 is 5.32 Å². The maximum Gasteiger partial charge on any atom is 0.287 e. The normalized spacial score (nSPS) is 12.4. The molecule has 0 radical (unpaired) electrons. The smallest absolute Gasteiger partial charge is 0.287 e. The Morgan fingerprint density at radius 3 is 2.78 bits per heavy atom. The summed E-state index contributed by atoms with van der Waals surface area (Å²) in [6.07, 6.45) is 1.54. The van der Waals surface area contributed by atoms with Gasteiger partial charge in [0.15, 0.2) is 0 Å². The van der Waals surface area contributed by atoms with Crippen molar-refractivity contribution in [1.82, 2.24) is 9.78 Å². The van der Waals surface area contributed by atoms with Gasteiger partial charge in [0, 0.05) is 11.9 Å². The predicted octanol–water partition coefficient (Wildman–Crippen LogP) is 3.32. The van der Waals surface area contributed by atoms with E-state index in [9.17, 15) is 4.79 Å². The molecule has 0 aliphatic heterocycles. The summed E-state index contributed by atoms with van der Waals surface area (Å²) in [5.41, 5.74) is 0.204. The Labute approximate surface area is 118 Å². The van der Waals surface area contributed by atoms with Crippen LogP contribution in [0.4, 0.5) is 5.69 Å². The molecule has 0 aromatic carbocycles. The number of anilines is 1. The number of aryl methyl sites for hydroxylation is 1. The Morgan fingerprint density at radius 2 is 2.17 bits per heavy atom. The Kier molecular flexibility index (Phi) is 3.94. The molecule has 1 N–H and O–H groups in total. The predicted molar refractivity (Wildman–Crippen MR) is 75.9 cm³/mol. The lowest BCUT2D eigenvalue weighted by Gasteiger charge is -2.14. The molecule has 2 heterocycles. The first kappa shape index (κ1) is 13.4. The molecule has 0 saturated carbocycles. The first-order valence-electron chi connectivity index (χ1n) is 5.22. The molecule has 0 saturated heterocycles. The number of hydrogen-bond donors (Lipinski definition) is 1. The number of nitrogens with one attached hydrogen (secondary N) is 1. The molecule has 7 heteroatoms. The minimum Gasteiger partial charge on any atom is -0.375 e. The van der Waals surface area contributed by atoms with Crippen molar-refractivity contribution in [3.8, 4) is 0 Å². The molecule has 0 bridgehead atoms.